The highest BCUT2D eigenvalue weighted by molar-refractivity contribution is 6.32. The summed E-state index contributed by atoms with van der Waals surface area (Å²) in [7, 11) is 0. The zero-order chi connectivity index (χ0) is 18.1. The molecular weight excluding hydrogens is 345 g/mol. The standard InChI is InChI=1S/C15H16ClF3N4O/c1-8(7-20)14(24)21-13-5-9(2)22-23(13)12-6-10(15(17,18)19)3-4-11(12)16/h3-6,8H,7,20H2,1-2H3,(H,21,24). The van der Waals surface area contributed by atoms with Crippen LogP contribution in [0.2, 0.25) is 5.02 Å². The van der Waals surface area contributed by atoms with Gasteiger partial charge in [-0.15, -0.1) is 0 Å². The molecule has 0 bridgehead atoms. The Bertz CT molecular complexity index is 758. The maximum absolute atomic E-state index is 12.9. The van der Waals surface area contributed by atoms with Crippen molar-refractivity contribution in [2.24, 2.45) is 11.7 Å². The zero-order valence-corrected chi connectivity index (χ0v) is 13.7. The van der Waals surface area contributed by atoms with Gasteiger partial charge in [0, 0.05) is 18.5 Å². The van der Waals surface area contributed by atoms with E-state index < -0.39 is 17.7 Å². The molecule has 5 nitrogen and oxygen atoms in total. The molecule has 0 radical (unpaired) electrons. The van der Waals surface area contributed by atoms with Crippen LogP contribution in [0.3, 0.4) is 0 Å². The van der Waals surface area contributed by atoms with E-state index in [1.54, 1.807) is 13.8 Å². The summed E-state index contributed by atoms with van der Waals surface area (Å²) in [5, 5.41) is 6.81. The van der Waals surface area contributed by atoms with Crippen LogP contribution < -0.4 is 11.1 Å². The van der Waals surface area contributed by atoms with Crippen molar-refractivity contribution >= 4 is 23.3 Å². The summed E-state index contributed by atoms with van der Waals surface area (Å²) in [6, 6.07) is 4.45. The first kappa shape index (κ1) is 18.3. The fourth-order valence-electron chi connectivity index (χ4n) is 1.98. The molecular formula is C15H16ClF3N4O. The van der Waals surface area contributed by atoms with Crippen molar-refractivity contribution in [2.75, 3.05) is 11.9 Å². The van der Waals surface area contributed by atoms with Gasteiger partial charge in [0.2, 0.25) is 5.91 Å². The largest absolute Gasteiger partial charge is 0.416 e. The lowest BCUT2D eigenvalue weighted by atomic mass is 10.1. The van der Waals surface area contributed by atoms with Crippen molar-refractivity contribution in [1.29, 1.82) is 0 Å². The summed E-state index contributed by atoms with van der Waals surface area (Å²) in [4.78, 5) is 12.0. The van der Waals surface area contributed by atoms with Gasteiger partial charge in [0.05, 0.1) is 22.0 Å². The molecule has 0 saturated heterocycles. The number of aryl methyl sites for hydroxylation is 1. The average Bonchev–Trinajstić information content (AvgIpc) is 2.85. The predicted molar refractivity (Wildman–Crippen MR) is 85.2 cm³/mol. The highest BCUT2D eigenvalue weighted by atomic mass is 35.5. The van der Waals surface area contributed by atoms with E-state index >= 15 is 0 Å². The number of rotatable bonds is 4. The molecule has 2 rings (SSSR count). The lowest BCUT2D eigenvalue weighted by Gasteiger charge is -2.14. The van der Waals surface area contributed by atoms with Gasteiger partial charge in [-0.05, 0) is 25.1 Å². The number of aromatic nitrogens is 2. The summed E-state index contributed by atoms with van der Waals surface area (Å²) >= 11 is 6.03. The number of hydrogen-bond donors (Lipinski definition) is 2. The van der Waals surface area contributed by atoms with Crippen LogP contribution in [0.4, 0.5) is 19.0 Å². The third-order valence-corrected chi connectivity index (χ3v) is 3.71. The number of amides is 1. The van der Waals surface area contributed by atoms with E-state index in [4.69, 9.17) is 17.3 Å². The Morgan fingerprint density at radius 1 is 1.42 bits per heavy atom. The van der Waals surface area contributed by atoms with Crippen LogP contribution in [-0.2, 0) is 11.0 Å². The van der Waals surface area contributed by atoms with Crippen molar-refractivity contribution in [1.82, 2.24) is 9.78 Å². The van der Waals surface area contributed by atoms with Gasteiger partial charge in [0.1, 0.15) is 5.82 Å². The molecule has 1 unspecified atom stereocenters. The number of alkyl halides is 3. The maximum atomic E-state index is 12.9. The first-order chi connectivity index (χ1) is 11.1. The molecule has 1 aromatic heterocycles. The van der Waals surface area contributed by atoms with Gasteiger partial charge in [-0.3, -0.25) is 4.79 Å². The van der Waals surface area contributed by atoms with Gasteiger partial charge >= 0.3 is 6.18 Å². The fraction of sp³-hybridized carbons (Fsp3) is 0.333. The predicted octanol–water partition coefficient (Wildman–Crippen LogP) is 3.39. The van der Waals surface area contributed by atoms with Crippen molar-refractivity contribution in [2.45, 2.75) is 20.0 Å². The highest BCUT2D eigenvalue weighted by Crippen LogP contribution is 2.34. The quantitative estimate of drug-likeness (QED) is 0.877. The van der Waals surface area contributed by atoms with Crippen molar-refractivity contribution in [3.05, 3.63) is 40.5 Å². The summed E-state index contributed by atoms with van der Waals surface area (Å²) in [5.74, 6) is -0.591. The minimum Gasteiger partial charge on any atom is -0.330 e. The molecule has 130 valence electrons. The average molecular weight is 361 g/mol. The molecule has 0 spiro atoms. The summed E-state index contributed by atoms with van der Waals surface area (Å²) in [6.45, 7) is 3.43. The molecule has 2 aromatic rings. The lowest BCUT2D eigenvalue weighted by Crippen LogP contribution is -2.27. The van der Waals surface area contributed by atoms with Crippen LogP contribution in [0, 0.1) is 12.8 Å². The van der Waals surface area contributed by atoms with Gasteiger partial charge in [-0.25, -0.2) is 4.68 Å². The molecule has 1 aromatic carbocycles. The molecule has 1 atom stereocenters. The van der Waals surface area contributed by atoms with Crippen molar-refractivity contribution < 1.29 is 18.0 Å². The molecule has 1 amide bonds. The lowest BCUT2D eigenvalue weighted by molar-refractivity contribution is -0.137. The van der Waals surface area contributed by atoms with Crippen LogP contribution >= 0.6 is 11.6 Å². The number of nitrogens with zero attached hydrogens (tertiary/aromatic N) is 2. The van der Waals surface area contributed by atoms with E-state index in [1.165, 1.54) is 10.7 Å². The monoisotopic (exact) mass is 360 g/mol. The molecule has 0 aliphatic rings. The number of carbonyl (C=O) groups is 1. The van der Waals surface area contributed by atoms with Gasteiger partial charge in [0.25, 0.3) is 0 Å². The van der Waals surface area contributed by atoms with Crippen molar-refractivity contribution in [3.8, 4) is 5.69 Å². The molecule has 9 heteroatoms. The number of nitrogens with two attached hydrogens (primary N) is 1. The Balaban J connectivity index is 2.48. The van der Waals surface area contributed by atoms with Gasteiger partial charge in [-0.1, -0.05) is 18.5 Å². The Morgan fingerprint density at radius 2 is 2.08 bits per heavy atom. The minimum absolute atomic E-state index is 0.0234. The SMILES string of the molecule is Cc1cc(NC(=O)C(C)CN)n(-c2cc(C(F)(F)F)ccc2Cl)n1. The van der Waals surface area contributed by atoms with Gasteiger partial charge < -0.3 is 11.1 Å². The third-order valence-electron chi connectivity index (χ3n) is 3.39. The van der Waals surface area contributed by atoms with Gasteiger partial charge in [-0.2, -0.15) is 18.3 Å². The van der Waals surface area contributed by atoms with E-state index in [0.29, 0.717) is 5.69 Å². The van der Waals surface area contributed by atoms with Crippen LogP contribution in [0.25, 0.3) is 5.69 Å². The highest BCUT2D eigenvalue weighted by Gasteiger charge is 2.31. The summed E-state index contributed by atoms with van der Waals surface area (Å²) in [5.41, 5.74) is 5.12. The van der Waals surface area contributed by atoms with E-state index in [0.717, 1.165) is 18.2 Å². The second-order valence-corrected chi connectivity index (χ2v) is 5.78. The van der Waals surface area contributed by atoms with Crippen molar-refractivity contribution in [3.63, 3.8) is 0 Å². The second-order valence-electron chi connectivity index (χ2n) is 5.37. The zero-order valence-electron chi connectivity index (χ0n) is 13.0. The molecule has 0 aliphatic heterocycles. The number of carbonyl (C=O) groups excluding carboxylic acids is 1. The summed E-state index contributed by atoms with van der Waals surface area (Å²) in [6.07, 6.45) is -4.51. The van der Waals surface area contributed by atoms with Crippen LogP contribution in [0.5, 0.6) is 0 Å². The molecule has 0 saturated carbocycles. The maximum Gasteiger partial charge on any atom is 0.416 e. The Hall–Kier alpha value is -2.06. The topological polar surface area (TPSA) is 72.9 Å². The molecule has 1 heterocycles. The normalized spacial score (nSPS) is 13.0. The Kier molecular flexibility index (Phi) is 5.19. The Labute approximate surface area is 141 Å². The van der Waals surface area contributed by atoms with Crippen LogP contribution in [0.1, 0.15) is 18.2 Å². The third kappa shape index (κ3) is 3.88. The first-order valence-electron chi connectivity index (χ1n) is 7.08. The van der Waals surface area contributed by atoms with Crippen LogP contribution in [0.15, 0.2) is 24.3 Å². The fourth-order valence-corrected chi connectivity index (χ4v) is 2.18. The van der Waals surface area contributed by atoms with E-state index in [-0.39, 0.29) is 29.0 Å². The number of nitrogens with one attached hydrogen (secondary N) is 1. The molecule has 0 fully saturated rings. The number of benzene rings is 1. The minimum atomic E-state index is -4.51. The molecule has 0 aliphatic carbocycles. The van der Waals surface area contributed by atoms with E-state index in [9.17, 15) is 18.0 Å². The molecule has 24 heavy (non-hydrogen) atoms. The number of halogens is 4. The molecule has 3 N–H and O–H groups in total. The second kappa shape index (κ2) is 6.82. The van der Waals surface area contributed by atoms with Gasteiger partial charge in [0.15, 0.2) is 0 Å². The van der Waals surface area contributed by atoms with E-state index in [2.05, 4.69) is 10.4 Å². The Morgan fingerprint density at radius 3 is 2.67 bits per heavy atom. The summed E-state index contributed by atoms with van der Waals surface area (Å²) < 4.78 is 40.0. The van der Waals surface area contributed by atoms with Crippen LogP contribution in [-0.4, -0.2) is 22.2 Å². The van der Waals surface area contributed by atoms with E-state index in [1.807, 2.05) is 0 Å². The number of anilines is 1. The number of hydrogen-bond acceptors (Lipinski definition) is 3. The first-order valence-corrected chi connectivity index (χ1v) is 7.46. The smallest absolute Gasteiger partial charge is 0.330 e.